The van der Waals surface area contributed by atoms with Crippen LogP contribution in [0.3, 0.4) is 0 Å². The molecule has 0 atom stereocenters. The fourth-order valence-electron chi connectivity index (χ4n) is 7.50. The van der Waals surface area contributed by atoms with Crippen molar-refractivity contribution in [1.82, 2.24) is 24.5 Å². The quantitative estimate of drug-likeness (QED) is 0.179. The molecule has 0 fully saturated rings. The van der Waals surface area contributed by atoms with Crippen LogP contribution in [0, 0.1) is 0 Å². The Balaban J connectivity index is 1.14. The van der Waals surface area contributed by atoms with Crippen LogP contribution in [-0.4, -0.2) is 24.5 Å². The van der Waals surface area contributed by atoms with Gasteiger partial charge < -0.3 is 8.98 Å². The van der Waals surface area contributed by atoms with Gasteiger partial charge >= 0.3 is 0 Å². The van der Waals surface area contributed by atoms with Crippen LogP contribution in [0.25, 0.3) is 104 Å². The highest BCUT2D eigenvalue weighted by Crippen LogP contribution is 2.44. The van der Waals surface area contributed by atoms with Crippen LogP contribution < -0.4 is 0 Å². The van der Waals surface area contributed by atoms with Gasteiger partial charge in [0, 0.05) is 53.3 Å². The summed E-state index contributed by atoms with van der Waals surface area (Å²) in [6, 6.07) is 56.3. The van der Waals surface area contributed by atoms with Crippen molar-refractivity contribution in [2.24, 2.45) is 0 Å². The molecule has 0 aliphatic rings. The van der Waals surface area contributed by atoms with E-state index in [1.807, 2.05) is 60.7 Å². The summed E-state index contributed by atoms with van der Waals surface area (Å²) in [5.74, 6) is 2.47. The summed E-state index contributed by atoms with van der Waals surface area (Å²) in [6.07, 6.45) is 0. The maximum Gasteiger partial charge on any atom is 0.228 e. The molecule has 7 aromatic carbocycles. The minimum Gasteiger partial charge on any atom is -0.436 e. The molecule has 0 saturated heterocycles. The van der Waals surface area contributed by atoms with Crippen LogP contribution in [0.4, 0.5) is 0 Å². The van der Waals surface area contributed by atoms with E-state index in [0.29, 0.717) is 23.4 Å². The Morgan fingerprint density at radius 3 is 2.02 bits per heavy atom. The van der Waals surface area contributed by atoms with Gasteiger partial charge in [-0.05, 0) is 48.5 Å². The van der Waals surface area contributed by atoms with Crippen molar-refractivity contribution < 1.29 is 4.42 Å². The summed E-state index contributed by atoms with van der Waals surface area (Å²) in [6.45, 7) is 0. The third-order valence-corrected chi connectivity index (χ3v) is 11.1. The number of thiophene rings is 1. The summed E-state index contributed by atoms with van der Waals surface area (Å²) >= 11 is 1.73. The van der Waals surface area contributed by atoms with Gasteiger partial charge in [0.25, 0.3) is 0 Å². The van der Waals surface area contributed by atoms with Gasteiger partial charge in [0.05, 0.1) is 16.6 Å². The van der Waals surface area contributed by atoms with Crippen molar-refractivity contribution in [1.29, 1.82) is 0 Å². The van der Waals surface area contributed by atoms with Crippen molar-refractivity contribution in [3.05, 3.63) is 164 Å². The first-order chi connectivity index (χ1) is 26.3. The minimum absolute atomic E-state index is 0.613. The third-order valence-electron chi connectivity index (χ3n) is 9.90. The van der Waals surface area contributed by atoms with Gasteiger partial charge in [0.1, 0.15) is 5.52 Å². The van der Waals surface area contributed by atoms with Crippen molar-refractivity contribution in [2.45, 2.75) is 0 Å². The van der Waals surface area contributed by atoms with E-state index in [9.17, 15) is 0 Å². The lowest BCUT2D eigenvalue weighted by molar-refractivity contribution is 0.621. The topological polar surface area (TPSA) is 69.6 Å². The maximum atomic E-state index is 6.25. The van der Waals surface area contributed by atoms with E-state index in [1.165, 1.54) is 10.8 Å². The van der Waals surface area contributed by atoms with Crippen LogP contribution in [-0.2, 0) is 0 Å². The zero-order chi connectivity index (χ0) is 34.9. The van der Waals surface area contributed by atoms with Crippen LogP contribution >= 0.6 is 11.3 Å². The molecule has 0 N–H and O–H groups in total. The fraction of sp³-hybridized carbons (Fsp3) is 0. The second kappa shape index (κ2) is 11.8. The zero-order valence-corrected chi connectivity index (χ0v) is 29.0. The molecule has 0 radical (unpaired) electrons. The lowest BCUT2D eigenvalue weighted by atomic mass is 10.0. The van der Waals surface area contributed by atoms with Crippen LogP contribution in [0.5, 0.6) is 0 Å². The molecule has 0 amide bonds. The van der Waals surface area contributed by atoms with E-state index in [4.69, 9.17) is 24.4 Å². The first-order valence-corrected chi connectivity index (χ1v) is 18.3. The Hall–Kier alpha value is -6.96. The molecule has 6 nitrogen and oxygen atoms in total. The Morgan fingerprint density at radius 2 is 1.15 bits per heavy atom. The average molecular weight is 698 g/mol. The lowest BCUT2D eigenvalue weighted by Gasteiger charge is -2.11. The number of fused-ring (bicyclic) bond motifs is 7. The zero-order valence-electron chi connectivity index (χ0n) is 28.1. The average Bonchev–Trinajstić information content (AvgIpc) is 3.93. The molecule has 7 heteroatoms. The van der Waals surface area contributed by atoms with Crippen molar-refractivity contribution in [3.8, 4) is 51.3 Å². The Kier molecular flexibility index (Phi) is 6.62. The smallest absolute Gasteiger partial charge is 0.228 e. The summed E-state index contributed by atoms with van der Waals surface area (Å²) in [5.41, 5.74) is 8.72. The molecular weight excluding hydrogens is 671 g/mol. The van der Waals surface area contributed by atoms with E-state index in [1.54, 1.807) is 11.3 Å². The van der Waals surface area contributed by atoms with Crippen LogP contribution in [0.15, 0.2) is 168 Å². The molecule has 53 heavy (non-hydrogen) atoms. The molecule has 0 unspecified atom stereocenters. The number of para-hydroxylation sites is 4. The van der Waals surface area contributed by atoms with Gasteiger partial charge in [-0.3, -0.25) is 0 Å². The second-order valence-electron chi connectivity index (χ2n) is 13.0. The van der Waals surface area contributed by atoms with Crippen LogP contribution in [0.2, 0.25) is 0 Å². The van der Waals surface area contributed by atoms with Gasteiger partial charge in [-0.2, -0.15) is 0 Å². The van der Waals surface area contributed by atoms with Crippen molar-refractivity contribution in [2.75, 3.05) is 0 Å². The second-order valence-corrected chi connectivity index (χ2v) is 14.1. The van der Waals surface area contributed by atoms with Gasteiger partial charge in [-0.15, -0.1) is 11.3 Å². The molecule has 0 spiro atoms. The number of nitrogens with zero attached hydrogens (tertiary/aromatic N) is 5. The van der Waals surface area contributed by atoms with E-state index >= 15 is 0 Å². The molecule has 0 bridgehead atoms. The molecule has 11 rings (SSSR count). The number of benzene rings is 7. The predicted octanol–water partition coefficient (Wildman–Crippen LogP) is 12.1. The number of hydrogen-bond donors (Lipinski definition) is 0. The molecular formula is C46H27N5OS. The first kappa shape index (κ1) is 29.7. The molecule has 0 aliphatic heterocycles. The van der Waals surface area contributed by atoms with E-state index in [2.05, 4.69) is 108 Å². The molecule has 0 aliphatic carbocycles. The standard InChI is InChI=1S/C46H27N5OS/c1-3-13-28(14-4-1)43-48-44(29-25-26-32-31-17-7-9-22-37(31)51(38(32)27-29)30-15-5-2-6-16-30)50-45(49-43)34-19-12-24-40-41(34)33-18-11-20-35(42(33)53-40)46-47-36-21-8-10-23-39(36)52-46/h1-27H. The third kappa shape index (κ3) is 4.79. The van der Waals surface area contributed by atoms with E-state index in [-0.39, 0.29) is 0 Å². The summed E-state index contributed by atoms with van der Waals surface area (Å²) < 4.78 is 10.8. The predicted molar refractivity (Wildman–Crippen MR) is 216 cm³/mol. The Morgan fingerprint density at radius 1 is 0.472 bits per heavy atom. The van der Waals surface area contributed by atoms with Crippen molar-refractivity contribution in [3.63, 3.8) is 0 Å². The molecule has 0 saturated carbocycles. The van der Waals surface area contributed by atoms with Gasteiger partial charge in [-0.1, -0.05) is 115 Å². The number of aromatic nitrogens is 5. The number of oxazole rings is 1. The summed E-state index contributed by atoms with van der Waals surface area (Å²) in [4.78, 5) is 20.4. The molecule has 11 aromatic rings. The van der Waals surface area contributed by atoms with E-state index in [0.717, 1.165) is 70.2 Å². The highest BCUT2D eigenvalue weighted by atomic mass is 32.1. The molecule has 4 heterocycles. The highest BCUT2D eigenvalue weighted by Gasteiger charge is 2.21. The van der Waals surface area contributed by atoms with Gasteiger partial charge in [0.15, 0.2) is 23.1 Å². The van der Waals surface area contributed by atoms with Gasteiger partial charge in [-0.25, -0.2) is 19.9 Å². The molecule has 248 valence electrons. The normalized spacial score (nSPS) is 11.8. The maximum absolute atomic E-state index is 6.25. The SMILES string of the molecule is c1ccc(-c2nc(-c3ccc4c5ccccc5n(-c5ccccc5)c4c3)nc(-c3cccc4sc5c(-c6nc7ccccc7o6)cccc5c34)n2)cc1. The number of hydrogen-bond acceptors (Lipinski definition) is 6. The Labute approximate surface area is 307 Å². The minimum atomic E-state index is 0.613. The van der Waals surface area contributed by atoms with Crippen LogP contribution in [0.1, 0.15) is 0 Å². The molecule has 4 aromatic heterocycles. The van der Waals surface area contributed by atoms with Crippen molar-refractivity contribution >= 4 is 64.4 Å². The Bertz CT molecular complexity index is 3150. The first-order valence-electron chi connectivity index (χ1n) is 17.5. The fourth-order valence-corrected chi connectivity index (χ4v) is 8.73. The van der Waals surface area contributed by atoms with Gasteiger partial charge in [0.2, 0.25) is 5.89 Å². The lowest BCUT2D eigenvalue weighted by Crippen LogP contribution is -2.00. The highest BCUT2D eigenvalue weighted by molar-refractivity contribution is 7.26. The largest absolute Gasteiger partial charge is 0.436 e. The summed E-state index contributed by atoms with van der Waals surface area (Å²) in [5, 5.41) is 4.58. The van der Waals surface area contributed by atoms with E-state index < -0.39 is 0 Å². The summed E-state index contributed by atoms with van der Waals surface area (Å²) in [7, 11) is 0. The monoisotopic (exact) mass is 697 g/mol. The number of rotatable bonds is 5.